The highest BCUT2D eigenvalue weighted by atomic mass is 16.5. The zero-order chi connectivity index (χ0) is 15.0. The van der Waals surface area contributed by atoms with Crippen LogP contribution in [-0.4, -0.2) is 53.1 Å². The molecule has 0 atom stereocenters. The Bertz CT molecular complexity index is 606. The standard InChI is InChI=1S/C14H18N4O3/c1-8(2)11-13(18-3-5-21-6-4-18)16-9-7-10(14(19)20)15-12(9)17-11/h8H,3-7H2,1-2H3,(H,19,20). The molecule has 2 aliphatic heterocycles. The average molecular weight is 290 g/mol. The number of rotatable bonds is 3. The topological polar surface area (TPSA) is 87.9 Å². The van der Waals surface area contributed by atoms with Crippen LogP contribution in [-0.2, 0) is 16.0 Å². The zero-order valence-electron chi connectivity index (χ0n) is 12.2. The van der Waals surface area contributed by atoms with Crippen molar-refractivity contribution in [2.24, 2.45) is 4.99 Å². The zero-order valence-corrected chi connectivity index (χ0v) is 12.2. The van der Waals surface area contributed by atoms with Crippen LogP contribution in [0.4, 0.5) is 11.6 Å². The van der Waals surface area contributed by atoms with Crippen LogP contribution in [0.25, 0.3) is 0 Å². The second-order valence-corrected chi connectivity index (χ2v) is 5.50. The molecular weight excluding hydrogens is 272 g/mol. The first-order chi connectivity index (χ1) is 10.1. The summed E-state index contributed by atoms with van der Waals surface area (Å²) in [6.07, 6.45) is 0.243. The summed E-state index contributed by atoms with van der Waals surface area (Å²) in [6, 6.07) is 0. The number of aliphatic carboxylic acids is 1. The molecule has 0 unspecified atom stereocenters. The van der Waals surface area contributed by atoms with Crippen LogP contribution < -0.4 is 4.90 Å². The molecule has 0 amide bonds. The Kier molecular flexibility index (Phi) is 3.59. The van der Waals surface area contributed by atoms with E-state index in [4.69, 9.17) is 9.84 Å². The predicted octanol–water partition coefficient (Wildman–Crippen LogP) is 1.15. The van der Waals surface area contributed by atoms with E-state index in [0.29, 0.717) is 24.7 Å². The second kappa shape index (κ2) is 5.40. The third-order valence-electron chi connectivity index (χ3n) is 3.63. The van der Waals surface area contributed by atoms with Crippen molar-refractivity contribution in [3.63, 3.8) is 0 Å². The van der Waals surface area contributed by atoms with E-state index >= 15 is 0 Å². The van der Waals surface area contributed by atoms with Crippen molar-refractivity contribution in [2.75, 3.05) is 31.2 Å². The van der Waals surface area contributed by atoms with E-state index in [1.54, 1.807) is 0 Å². The minimum Gasteiger partial charge on any atom is -0.477 e. The Morgan fingerprint density at radius 1 is 1.29 bits per heavy atom. The van der Waals surface area contributed by atoms with Gasteiger partial charge in [-0.15, -0.1) is 0 Å². The molecule has 1 N–H and O–H groups in total. The first-order valence-corrected chi connectivity index (χ1v) is 7.10. The number of carbonyl (C=O) groups is 1. The number of anilines is 1. The summed E-state index contributed by atoms with van der Waals surface area (Å²) in [6.45, 7) is 7.01. The molecule has 3 heterocycles. The molecule has 0 spiro atoms. The molecule has 2 aliphatic rings. The summed E-state index contributed by atoms with van der Waals surface area (Å²) in [5, 5.41) is 9.07. The first kappa shape index (κ1) is 13.9. The quantitative estimate of drug-likeness (QED) is 0.898. The molecule has 3 rings (SSSR count). The molecule has 7 heteroatoms. The van der Waals surface area contributed by atoms with Gasteiger partial charge in [0, 0.05) is 19.5 Å². The number of nitrogens with zero attached hydrogens (tertiary/aromatic N) is 4. The van der Waals surface area contributed by atoms with Gasteiger partial charge in [-0.05, 0) is 5.92 Å². The largest absolute Gasteiger partial charge is 0.477 e. The number of hydrogen-bond donors (Lipinski definition) is 1. The fourth-order valence-corrected chi connectivity index (χ4v) is 2.52. The Morgan fingerprint density at radius 2 is 2.00 bits per heavy atom. The fourth-order valence-electron chi connectivity index (χ4n) is 2.52. The van der Waals surface area contributed by atoms with Gasteiger partial charge in [-0.3, -0.25) is 0 Å². The van der Waals surface area contributed by atoms with Gasteiger partial charge >= 0.3 is 5.97 Å². The molecule has 0 saturated carbocycles. The molecule has 1 saturated heterocycles. The lowest BCUT2D eigenvalue weighted by atomic mass is 10.1. The maximum Gasteiger partial charge on any atom is 0.350 e. The van der Waals surface area contributed by atoms with Crippen LogP contribution in [0.15, 0.2) is 4.99 Å². The normalized spacial score (nSPS) is 17.9. The van der Waals surface area contributed by atoms with Crippen LogP contribution in [0, 0.1) is 0 Å². The smallest absolute Gasteiger partial charge is 0.350 e. The van der Waals surface area contributed by atoms with Crippen molar-refractivity contribution >= 4 is 23.3 Å². The van der Waals surface area contributed by atoms with Crippen molar-refractivity contribution in [3.05, 3.63) is 11.4 Å². The fraction of sp³-hybridized carbons (Fsp3) is 0.571. The van der Waals surface area contributed by atoms with Crippen molar-refractivity contribution in [1.29, 1.82) is 0 Å². The van der Waals surface area contributed by atoms with Gasteiger partial charge in [0.25, 0.3) is 0 Å². The maximum absolute atomic E-state index is 11.1. The van der Waals surface area contributed by atoms with Gasteiger partial charge in [0.15, 0.2) is 11.6 Å². The lowest BCUT2D eigenvalue weighted by Gasteiger charge is -2.30. The van der Waals surface area contributed by atoms with Crippen LogP contribution in [0.1, 0.15) is 31.2 Å². The second-order valence-electron chi connectivity index (χ2n) is 5.50. The molecule has 1 fully saturated rings. The van der Waals surface area contributed by atoms with Crippen molar-refractivity contribution < 1.29 is 14.6 Å². The Labute approximate surface area is 122 Å². The summed E-state index contributed by atoms with van der Waals surface area (Å²) < 4.78 is 5.37. The van der Waals surface area contributed by atoms with E-state index in [1.807, 2.05) is 0 Å². The van der Waals surface area contributed by atoms with Gasteiger partial charge < -0.3 is 14.7 Å². The Morgan fingerprint density at radius 3 is 2.62 bits per heavy atom. The molecule has 7 nitrogen and oxygen atoms in total. The number of carboxylic acid groups (broad SMARTS) is 1. The van der Waals surface area contributed by atoms with Crippen LogP contribution in [0.3, 0.4) is 0 Å². The number of hydrogen-bond acceptors (Lipinski definition) is 6. The van der Waals surface area contributed by atoms with E-state index < -0.39 is 5.97 Å². The third kappa shape index (κ3) is 2.61. The molecule has 0 radical (unpaired) electrons. The molecule has 0 bridgehead atoms. The minimum atomic E-state index is -1.01. The molecule has 112 valence electrons. The van der Waals surface area contributed by atoms with Gasteiger partial charge in [0.05, 0.1) is 24.6 Å². The van der Waals surface area contributed by atoms with Gasteiger partial charge in [0.2, 0.25) is 0 Å². The first-order valence-electron chi connectivity index (χ1n) is 7.10. The highest BCUT2D eigenvalue weighted by molar-refractivity contribution is 6.37. The monoisotopic (exact) mass is 290 g/mol. The SMILES string of the molecule is CC(C)c1nc2c(nc1N1CCOCC1)CC(C(=O)O)=N2. The lowest BCUT2D eigenvalue weighted by Crippen LogP contribution is -2.37. The summed E-state index contributed by atoms with van der Waals surface area (Å²) >= 11 is 0. The van der Waals surface area contributed by atoms with Gasteiger partial charge in [-0.1, -0.05) is 13.8 Å². The Balaban J connectivity index is 2.00. The molecule has 1 aromatic heterocycles. The molecule has 21 heavy (non-hydrogen) atoms. The molecule has 0 aliphatic carbocycles. The van der Waals surface area contributed by atoms with Crippen LogP contribution in [0.5, 0.6) is 0 Å². The third-order valence-corrected chi connectivity index (χ3v) is 3.63. The van der Waals surface area contributed by atoms with Crippen molar-refractivity contribution in [1.82, 2.24) is 9.97 Å². The van der Waals surface area contributed by atoms with Gasteiger partial charge in [0.1, 0.15) is 5.71 Å². The average Bonchev–Trinajstić information content (AvgIpc) is 2.90. The number of aromatic nitrogens is 2. The van der Waals surface area contributed by atoms with Crippen molar-refractivity contribution in [3.8, 4) is 0 Å². The molecule has 1 aromatic rings. The van der Waals surface area contributed by atoms with E-state index in [0.717, 1.165) is 24.6 Å². The molecule has 0 aromatic carbocycles. The maximum atomic E-state index is 11.1. The van der Waals surface area contributed by atoms with E-state index in [2.05, 4.69) is 33.7 Å². The van der Waals surface area contributed by atoms with Gasteiger partial charge in [-0.25, -0.2) is 19.8 Å². The van der Waals surface area contributed by atoms with E-state index in [-0.39, 0.29) is 18.1 Å². The number of morpholine rings is 1. The highest BCUT2D eigenvalue weighted by Gasteiger charge is 2.27. The van der Waals surface area contributed by atoms with E-state index in [9.17, 15) is 4.79 Å². The van der Waals surface area contributed by atoms with E-state index in [1.165, 1.54) is 0 Å². The summed E-state index contributed by atoms with van der Waals surface area (Å²) in [7, 11) is 0. The number of carboxylic acids is 1. The predicted molar refractivity (Wildman–Crippen MR) is 77.6 cm³/mol. The number of aliphatic imine (C=N–C) groups is 1. The van der Waals surface area contributed by atoms with Crippen molar-refractivity contribution in [2.45, 2.75) is 26.2 Å². The molecular formula is C14H18N4O3. The minimum absolute atomic E-state index is 0.110. The summed E-state index contributed by atoms with van der Waals surface area (Å²) in [5.41, 5.74) is 1.63. The highest BCUT2D eigenvalue weighted by Crippen LogP contribution is 2.31. The number of fused-ring (bicyclic) bond motifs is 1. The van der Waals surface area contributed by atoms with Crippen LogP contribution in [0.2, 0.25) is 0 Å². The number of ether oxygens (including phenoxy) is 1. The van der Waals surface area contributed by atoms with Crippen LogP contribution >= 0.6 is 0 Å². The summed E-state index contributed by atoms with van der Waals surface area (Å²) in [4.78, 5) is 26.5. The summed E-state index contributed by atoms with van der Waals surface area (Å²) in [5.74, 6) is 0.487. The van der Waals surface area contributed by atoms with Gasteiger partial charge in [-0.2, -0.15) is 0 Å². The Hall–Kier alpha value is -2.02. The lowest BCUT2D eigenvalue weighted by molar-refractivity contribution is -0.129.